The second-order valence-electron chi connectivity index (χ2n) is 19.2. The van der Waals surface area contributed by atoms with Gasteiger partial charge in [0.05, 0.1) is 42.1 Å². The Morgan fingerprint density at radius 3 is 2.06 bits per heavy atom. The molecule has 1 saturated heterocycles. The molecular weight excluding hydrogens is 893 g/mol. The molecule has 1 aliphatic heterocycles. The van der Waals surface area contributed by atoms with E-state index in [1.54, 1.807) is 7.11 Å². The predicted molar refractivity (Wildman–Crippen MR) is 269 cm³/mol. The van der Waals surface area contributed by atoms with Crippen molar-refractivity contribution in [1.82, 2.24) is 14.5 Å². The fourth-order valence-corrected chi connectivity index (χ4v) is 14.7. The summed E-state index contributed by atoms with van der Waals surface area (Å²) in [5, 5.41) is 3.69. The molecule has 0 radical (unpaired) electrons. The molecule has 1 amide bonds. The lowest BCUT2D eigenvalue weighted by Crippen LogP contribution is -2.67. The number of piperazine rings is 1. The molecule has 0 bridgehead atoms. The van der Waals surface area contributed by atoms with Crippen molar-refractivity contribution in [3.63, 3.8) is 0 Å². The van der Waals surface area contributed by atoms with Crippen molar-refractivity contribution >= 4 is 57.3 Å². The third-order valence-electron chi connectivity index (χ3n) is 13.4. The Morgan fingerprint density at radius 1 is 0.846 bits per heavy atom. The molecule has 3 heterocycles. The molecule has 0 spiro atoms. The SMILES string of the molecule is CO[C@@H](C)c1ncc(N2CCN(C(=O)OCc3ccccc3)CC2)cc1-c1c(CC2(CO[Si](c3ccccc3)(c3ccccc3)C(C)(C)C)CC2)c2cc(Br)ccc2n1CCOC(C)C. The number of halogens is 1. The topological polar surface area (TPSA) is 78.3 Å². The normalized spacial score (nSPS) is 15.7. The number of methoxy groups -OCH3 is 1. The van der Waals surface area contributed by atoms with Gasteiger partial charge in [-0.05, 0) is 96.3 Å². The van der Waals surface area contributed by atoms with Gasteiger partial charge in [0.25, 0.3) is 8.32 Å². The van der Waals surface area contributed by atoms with E-state index in [2.05, 4.69) is 152 Å². The Bertz CT molecular complexity index is 2490. The number of rotatable bonds is 17. The molecular formula is C54H65BrN4O5Si. The van der Waals surface area contributed by atoms with Gasteiger partial charge in [0.1, 0.15) is 6.61 Å². The molecule has 8 rings (SSSR count). The number of ether oxygens (including phenoxy) is 3. The number of benzene rings is 4. The average molecular weight is 958 g/mol. The van der Waals surface area contributed by atoms with Gasteiger partial charge < -0.3 is 33.0 Å². The van der Waals surface area contributed by atoms with Gasteiger partial charge >= 0.3 is 6.09 Å². The zero-order valence-corrected chi connectivity index (χ0v) is 41.8. The predicted octanol–water partition coefficient (Wildman–Crippen LogP) is 11.0. The average Bonchev–Trinajstić information content (AvgIpc) is 4.03. The van der Waals surface area contributed by atoms with Crippen molar-refractivity contribution in [3.05, 3.63) is 143 Å². The summed E-state index contributed by atoms with van der Waals surface area (Å²) in [7, 11) is -1.03. The number of carbonyl (C=O) groups excluding carboxylic acids is 1. The molecule has 65 heavy (non-hydrogen) atoms. The smallest absolute Gasteiger partial charge is 0.410 e. The molecule has 9 nitrogen and oxygen atoms in total. The Hall–Kier alpha value is -4.78. The van der Waals surface area contributed by atoms with Crippen molar-refractivity contribution in [1.29, 1.82) is 0 Å². The van der Waals surface area contributed by atoms with Gasteiger partial charge in [-0.15, -0.1) is 0 Å². The monoisotopic (exact) mass is 956 g/mol. The van der Waals surface area contributed by atoms with E-state index >= 15 is 0 Å². The number of carbonyl (C=O) groups is 1. The summed E-state index contributed by atoms with van der Waals surface area (Å²) in [4.78, 5) is 22.5. The number of amides is 1. The summed E-state index contributed by atoms with van der Waals surface area (Å²) in [6, 6.07) is 40.8. The van der Waals surface area contributed by atoms with E-state index in [1.165, 1.54) is 26.8 Å². The highest BCUT2D eigenvalue weighted by Crippen LogP contribution is 2.53. The van der Waals surface area contributed by atoms with Gasteiger partial charge in [-0.2, -0.15) is 0 Å². The van der Waals surface area contributed by atoms with Gasteiger partial charge in [-0.25, -0.2) is 4.79 Å². The van der Waals surface area contributed by atoms with Crippen LogP contribution in [0, 0.1) is 5.41 Å². The molecule has 0 unspecified atom stereocenters. The molecule has 0 N–H and O–H groups in total. The van der Waals surface area contributed by atoms with E-state index in [0.717, 1.165) is 51.9 Å². The van der Waals surface area contributed by atoms with Crippen molar-refractivity contribution < 1.29 is 23.4 Å². The number of hydrogen-bond acceptors (Lipinski definition) is 7. The van der Waals surface area contributed by atoms with Crippen LogP contribution >= 0.6 is 15.9 Å². The van der Waals surface area contributed by atoms with E-state index in [1.807, 2.05) is 41.4 Å². The maximum Gasteiger partial charge on any atom is 0.410 e. The van der Waals surface area contributed by atoms with E-state index in [9.17, 15) is 4.79 Å². The Morgan fingerprint density at radius 2 is 1.48 bits per heavy atom. The lowest BCUT2D eigenvalue weighted by atomic mass is 9.92. The first-order valence-corrected chi connectivity index (χ1v) is 25.9. The standard InChI is InChI=1S/C54H65BrN4O5Si/c1-39(2)62-32-31-59-49-24-23-42(55)33-46(49)48(35-54(25-26-54)38-64-65(53(4,5)6,44-19-13-9-14-20-44)45-21-15-10-16-22-45)51(59)47-34-43(36-56-50(47)40(3)61-7)57-27-29-58(30-28-57)52(60)63-37-41-17-11-8-12-18-41/h8-24,33-34,36,39-40H,25-32,35,37-38H2,1-7H3/t40-/m0/s1. The van der Waals surface area contributed by atoms with Crippen molar-refractivity contribution in [2.24, 2.45) is 5.41 Å². The van der Waals surface area contributed by atoms with Crippen LogP contribution in [0.15, 0.2) is 126 Å². The highest BCUT2D eigenvalue weighted by molar-refractivity contribution is 9.10. The van der Waals surface area contributed by atoms with E-state index in [-0.39, 0.29) is 35.4 Å². The first-order chi connectivity index (χ1) is 31.3. The number of hydrogen-bond donors (Lipinski definition) is 0. The van der Waals surface area contributed by atoms with Gasteiger partial charge in [0.2, 0.25) is 0 Å². The Labute approximate surface area is 395 Å². The zero-order chi connectivity index (χ0) is 45.8. The number of pyridine rings is 1. The molecule has 1 aliphatic carbocycles. The highest BCUT2D eigenvalue weighted by Gasteiger charge is 2.53. The summed E-state index contributed by atoms with van der Waals surface area (Å²) in [5.41, 5.74) is 7.49. The molecule has 2 aliphatic rings. The van der Waals surface area contributed by atoms with Crippen LogP contribution in [0.5, 0.6) is 0 Å². The number of aromatic nitrogens is 2. The van der Waals surface area contributed by atoms with Crippen LogP contribution in [0.3, 0.4) is 0 Å². The van der Waals surface area contributed by atoms with E-state index in [4.69, 9.17) is 23.6 Å². The Kier molecular flexibility index (Phi) is 14.4. The summed E-state index contributed by atoms with van der Waals surface area (Å²) in [6.07, 6.45) is 4.54. The van der Waals surface area contributed by atoms with E-state index in [0.29, 0.717) is 45.9 Å². The molecule has 342 valence electrons. The summed E-state index contributed by atoms with van der Waals surface area (Å²) < 4.78 is 29.3. The fourth-order valence-electron chi connectivity index (χ4n) is 9.66. The largest absolute Gasteiger partial charge is 0.445 e. The quantitative estimate of drug-likeness (QED) is 0.0843. The maximum absolute atomic E-state index is 13.2. The minimum absolute atomic E-state index is 0.0544. The van der Waals surface area contributed by atoms with Crippen LogP contribution in [0.1, 0.15) is 77.3 Å². The van der Waals surface area contributed by atoms with Crippen LogP contribution in [-0.4, -0.2) is 81.5 Å². The lowest BCUT2D eigenvalue weighted by Gasteiger charge is -2.44. The van der Waals surface area contributed by atoms with Gasteiger partial charge in [0, 0.05) is 67.4 Å². The molecule has 11 heteroatoms. The van der Waals surface area contributed by atoms with Gasteiger partial charge in [0.15, 0.2) is 0 Å². The summed E-state index contributed by atoms with van der Waals surface area (Å²) in [5.74, 6) is 0. The number of fused-ring (bicyclic) bond motifs is 1. The first-order valence-electron chi connectivity index (χ1n) is 23.2. The first kappa shape index (κ1) is 46.7. The van der Waals surface area contributed by atoms with Gasteiger partial charge in [-0.3, -0.25) is 4.98 Å². The maximum atomic E-state index is 13.2. The molecule has 1 atom stereocenters. The lowest BCUT2D eigenvalue weighted by molar-refractivity contribution is 0.0735. The fraction of sp³-hybridized carbons (Fsp3) is 0.407. The zero-order valence-electron chi connectivity index (χ0n) is 39.2. The van der Waals surface area contributed by atoms with Crippen LogP contribution in [0.25, 0.3) is 22.2 Å². The minimum Gasteiger partial charge on any atom is -0.445 e. The van der Waals surface area contributed by atoms with E-state index < -0.39 is 8.32 Å². The Balaban J connectivity index is 1.18. The minimum atomic E-state index is -2.78. The number of nitrogens with zero attached hydrogens (tertiary/aromatic N) is 4. The highest BCUT2D eigenvalue weighted by atomic mass is 79.9. The second kappa shape index (κ2) is 20.0. The molecule has 4 aromatic carbocycles. The van der Waals surface area contributed by atoms with Crippen molar-refractivity contribution in [3.8, 4) is 11.3 Å². The molecule has 6 aromatic rings. The molecule has 2 fully saturated rings. The van der Waals surface area contributed by atoms with Gasteiger partial charge in [-0.1, -0.05) is 128 Å². The third-order valence-corrected chi connectivity index (χ3v) is 18.9. The molecule has 1 saturated carbocycles. The van der Waals surface area contributed by atoms with Crippen molar-refractivity contribution in [2.75, 3.05) is 51.4 Å². The van der Waals surface area contributed by atoms with Crippen LogP contribution in [0.4, 0.5) is 10.5 Å². The number of anilines is 1. The summed E-state index contributed by atoms with van der Waals surface area (Å²) in [6.45, 7) is 17.9. The van der Waals surface area contributed by atoms with Crippen LogP contribution < -0.4 is 15.3 Å². The molecule has 2 aromatic heterocycles. The van der Waals surface area contributed by atoms with Crippen LogP contribution in [-0.2, 0) is 38.2 Å². The second-order valence-corrected chi connectivity index (χ2v) is 24.4. The third kappa shape index (κ3) is 10.1. The van der Waals surface area contributed by atoms with Crippen LogP contribution in [0.2, 0.25) is 5.04 Å². The summed E-state index contributed by atoms with van der Waals surface area (Å²) >= 11 is 3.87. The van der Waals surface area contributed by atoms with Crippen molar-refractivity contribution in [2.45, 2.75) is 91.2 Å².